The van der Waals surface area contributed by atoms with E-state index in [-0.39, 0.29) is 4.90 Å². The SMILES string of the molecule is CCN1CCC(CNS(=O)(=O)c2ccc(N)cc2Br)CC1. The van der Waals surface area contributed by atoms with Crippen molar-refractivity contribution >= 4 is 31.6 Å². The van der Waals surface area contributed by atoms with Crippen molar-refractivity contribution in [3.8, 4) is 0 Å². The maximum atomic E-state index is 12.3. The molecule has 0 aliphatic carbocycles. The third-order valence-electron chi connectivity index (χ3n) is 3.96. The zero-order valence-electron chi connectivity index (χ0n) is 12.2. The summed E-state index contributed by atoms with van der Waals surface area (Å²) in [7, 11) is -3.49. The Hall–Kier alpha value is -0.630. The Morgan fingerprint density at radius 3 is 2.62 bits per heavy atom. The molecule has 0 radical (unpaired) electrons. The van der Waals surface area contributed by atoms with Crippen LogP contribution in [0.5, 0.6) is 0 Å². The fraction of sp³-hybridized carbons (Fsp3) is 0.571. The van der Waals surface area contributed by atoms with E-state index in [1.165, 1.54) is 6.07 Å². The van der Waals surface area contributed by atoms with Gasteiger partial charge in [0, 0.05) is 16.7 Å². The topological polar surface area (TPSA) is 75.4 Å². The lowest BCUT2D eigenvalue weighted by molar-refractivity contribution is 0.194. The Labute approximate surface area is 135 Å². The standard InChI is InChI=1S/C14H22BrN3O2S/c1-2-18-7-5-11(6-8-18)10-17-21(19,20)14-4-3-12(16)9-13(14)15/h3-4,9,11,17H,2,5-8,10,16H2,1H3. The molecule has 1 aromatic rings. The third-order valence-corrected chi connectivity index (χ3v) is 6.36. The summed E-state index contributed by atoms with van der Waals surface area (Å²) < 4.78 is 27.9. The molecule has 7 heteroatoms. The number of nitrogen functional groups attached to an aromatic ring is 1. The van der Waals surface area contributed by atoms with Gasteiger partial charge in [-0.25, -0.2) is 13.1 Å². The summed E-state index contributed by atoms with van der Waals surface area (Å²) in [6, 6.07) is 4.73. The summed E-state index contributed by atoms with van der Waals surface area (Å²) in [5.74, 6) is 0.412. The monoisotopic (exact) mass is 375 g/mol. The van der Waals surface area contributed by atoms with Crippen LogP contribution in [0.4, 0.5) is 5.69 Å². The average Bonchev–Trinajstić information content (AvgIpc) is 2.45. The first-order valence-corrected chi connectivity index (χ1v) is 9.47. The van der Waals surface area contributed by atoms with Crippen LogP contribution in [-0.4, -0.2) is 39.5 Å². The maximum absolute atomic E-state index is 12.3. The van der Waals surface area contributed by atoms with Crippen molar-refractivity contribution in [1.29, 1.82) is 0 Å². The fourth-order valence-corrected chi connectivity index (χ4v) is 4.76. The molecule has 0 saturated carbocycles. The predicted molar refractivity (Wildman–Crippen MR) is 88.6 cm³/mol. The molecule has 0 spiro atoms. The highest BCUT2D eigenvalue weighted by atomic mass is 79.9. The minimum absolute atomic E-state index is 0.239. The van der Waals surface area contributed by atoms with E-state index in [4.69, 9.17) is 5.73 Å². The zero-order chi connectivity index (χ0) is 15.5. The van der Waals surface area contributed by atoms with Crippen LogP contribution < -0.4 is 10.5 Å². The molecule has 1 saturated heterocycles. The number of nitrogens with one attached hydrogen (secondary N) is 1. The lowest BCUT2D eigenvalue weighted by atomic mass is 9.97. The van der Waals surface area contributed by atoms with Gasteiger partial charge in [0.15, 0.2) is 0 Å². The van der Waals surface area contributed by atoms with Crippen LogP contribution in [0.3, 0.4) is 0 Å². The van der Waals surface area contributed by atoms with Crippen molar-refractivity contribution in [3.63, 3.8) is 0 Å². The van der Waals surface area contributed by atoms with Crippen LogP contribution in [0.15, 0.2) is 27.6 Å². The summed E-state index contributed by atoms with van der Waals surface area (Å²) in [6.45, 7) is 5.82. The van der Waals surface area contributed by atoms with Gasteiger partial charge in [-0.1, -0.05) is 6.92 Å². The fourth-order valence-electron chi connectivity index (χ4n) is 2.55. The molecule has 1 aromatic carbocycles. The molecular weight excluding hydrogens is 354 g/mol. The van der Waals surface area contributed by atoms with Gasteiger partial charge in [-0.15, -0.1) is 0 Å². The molecule has 21 heavy (non-hydrogen) atoms. The highest BCUT2D eigenvalue weighted by Gasteiger charge is 2.22. The minimum Gasteiger partial charge on any atom is -0.399 e. The van der Waals surface area contributed by atoms with Crippen LogP contribution in [-0.2, 0) is 10.0 Å². The number of nitrogens with zero attached hydrogens (tertiary/aromatic N) is 1. The lowest BCUT2D eigenvalue weighted by Crippen LogP contribution is -2.38. The van der Waals surface area contributed by atoms with Gasteiger partial charge in [-0.2, -0.15) is 0 Å². The van der Waals surface area contributed by atoms with Crippen molar-refractivity contribution in [1.82, 2.24) is 9.62 Å². The Morgan fingerprint density at radius 1 is 1.38 bits per heavy atom. The lowest BCUT2D eigenvalue weighted by Gasteiger charge is -2.31. The number of piperidine rings is 1. The second-order valence-electron chi connectivity index (χ2n) is 5.42. The number of hydrogen-bond donors (Lipinski definition) is 2. The molecule has 0 unspecified atom stereocenters. The molecule has 0 atom stereocenters. The summed E-state index contributed by atoms with van der Waals surface area (Å²) in [4.78, 5) is 2.63. The van der Waals surface area contributed by atoms with Crippen molar-refractivity contribution in [2.75, 3.05) is 31.9 Å². The van der Waals surface area contributed by atoms with Crippen LogP contribution in [0, 0.1) is 5.92 Å². The van der Waals surface area contributed by atoms with E-state index in [9.17, 15) is 8.42 Å². The molecule has 118 valence electrons. The molecule has 3 N–H and O–H groups in total. The number of likely N-dealkylation sites (tertiary alicyclic amines) is 1. The van der Waals surface area contributed by atoms with Crippen LogP contribution in [0.1, 0.15) is 19.8 Å². The summed E-state index contributed by atoms with van der Waals surface area (Å²) in [6.07, 6.45) is 2.08. The summed E-state index contributed by atoms with van der Waals surface area (Å²) in [5, 5.41) is 0. The largest absolute Gasteiger partial charge is 0.399 e. The number of hydrogen-bond acceptors (Lipinski definition) is 4. The Morgan fingerprint density at radius 2 is 2.05 bits per heavy atom. The van der Waals surface area contributed by atoms with E-state index in [0.717, 1.165) is 32.5 Å². The second-order valence-corrected chi connectivity index (χ2v) is 8.01. The number of rotatable bonds is 5. The second kappa shape index (κ2) is 7.09. The van der Waals surface area contributed by atoms with E-state index in [1.807, 2.05) is 0 Å². The molecule has 0 aromatic heterocycles. The summed E-state index contributed by atoms with van der Waals surface area (Å²) in [5.41, 5.74) is 6.17. The molecule has 0 amide bonds. The molecule has 1 aliphatic rings. The summed E-state index contributed by atoms with van der Waals surface area (Å²) >= 11 is 3.26. The van der Waals surface area contributed by atoms with Crippen molar-refractivity contribution < 1.29 is 8.42 Å². The first-order chi connectivity index (χ1) is 9.92. The molecular formula is C14H22BrN3O2S. The van der Waals surface area contributed by atoms with Gasteiger partial charge >= 0.3 is 0 Å². The van der Waals surface area contributed by atoms with E-state index in [0.29, 0.717) is 22.6 Å². The zero-order valence-corrected chi connectivity index (χ0v) is 14.6. The van der Waals surface area contributed by atoms with E-state index in [2.05, 4.69) is 32.5 Å². The van der Waals surface area contributed by atoms with Gasteiger partial charge in [0.2, 0.25) is 10.0 Å². The molecule has 2 rings (SSSR count). The highest BCUT2D eigenvalue weighted by Crippen LogP contribution is 2.24. The highest BCUT2D eigenvalue weighted by molar-refractivity contribution is 9.10. The predicted octanol–water partition coefficient (Wildman–Crippen LogP) is 2.04. The van der Waals surface area contributed by atoms with E-state index in [1.54, 1.807) is 12.1 Å². The van der Waals surface area contributed by atoms with Crippen molar-refractivity contribution in [2.45, 2.75) is 24.7 Å². The molecule has 1 fully saturated rings. The number of sulfonamides is 1. The molecule has 1 heterocycles. The van der Waals surface area contributed by atoms with Crippen molar-refractivity contribution in [3.05, 3.63) is 22.7 Å². The number of anilines is 1. The smallest absolute Gasteiger partial charge is 0.241 e. The van der Waals surface area contributed by atoms with Gasteiger partial charge in [-0.3, -0.25) is 0 Å². The third kappa shape index (κ3) is 4.42. The quantitative estimate of drug-likeness (QED) is 0.772. The van der Waals surface area contributed by atoms with Crippen LogP contribution >= 0.6 is 15.9 Å². The van der Waals surface area contributed by atoms with Crippen LogP contribution in [0.25, 0.3) is 0 Å². The first kappa shape index (κ1) is 16.7. The molecule has 5 nitrogen and oxygen atoms in total. The normalized spacial score (nSPS) is 18.0. The molecule has 0 bridgehead atoms. The first-order valence-electron chi connectivity index (χ1n) is 7.19. The Balaban J connectivity index is 1.96. The average molecular weight is 376 g/mol. The van der Waals surface area contributed by atoms with E-state index >= 15 is 0 Å². The maximum Gasteiger partial charge on any atom is 0.241 e. The number of benzene rings is 1. The molecule has 1 aliphatic heterocycles. The van der Waals surface area contributed by atoms with Gasteiger partial charge in [0.05, 0.1) is 4.90 Å². The Kier molecular flexibility index (Phi) is 5.65. The van der Waals surface area contributed by atoms with Gasteiger partial charge < -0.3 is 10.6 Å². The van der Waals surface area contributed by atoms with Crippen molar-refractivity contribution in [2.24, 2.45) is 5.92 Å². The number of nitrogens with two attached hydrogens (primary N) is 1. The van der Waals surface area contributed by atoms with Gasteiger partial charge in [0.1, 0.15) is 0 Å². The van der Waals surface area contributed by atoms with Gasteiger partial charge in [0.25, 0.3) is 0 Å². The number of halogens is 1. The van der Waals surface area contributed by atoms with Crippen LogP contribution in [0.2, 0.25) is 0 Å². The van der Waals surface area contributed by atoms with E-state index < -0.39 is 10.0 Å². The van der Waals surface area contributed by atoms with Gasteiger partial charge in [-0.05, 0) is 72.5 Å². The minimum atomic E-state index is -3.49. The Bertz CT molecular complexity index is 584.